The molecule has 0 radical (unpaired) electrons. The molecule has 2 aliphatic rings. The molecule has 1 aromatic heterocycles. The first-order valence-corrected chi connectivity index (χ1v) is 12.7. The van der Waals surface area contributed by atoms with Crippen molar-refractivity contribution in [1.29, 1.82) is 0 Å². The van der Waals surface area contributed by atoms with Gasteiger partial charge >= 0.3 is 6.18 Å². The summed E-state index contributed by atoms with van der Waals surface area (Å²) in [5, 5.41) is 10.5. The molecule has 0 spiro atoms. The fraction of sp³-hybridized carbons (Fsp3) is 0.476. The molecule has 1 fully saturated rings. The zero-order valence-electron chi connectivity index (χ0n) is 18.4. The van der Waals surface area contributed by atoms with Crippen molar-refractivity contribution in [2.75, 3.05) is 41.8 Å². The topological polar surface area (TPSA) is 125 Å². The summed E-state index contributed by atoms with van der Waals surface area (Å²) in [6.45, 7) is 1.06. The lowest BCUT2D eigenvalue weighted by molar-refractivity contribution is -0.137. The number of hydrogen-bond donors (Lipinski definition) is 4. The lowest BCUT2D eigenvalue weighted by Gasteiger charge is -2.30. The van der Waals surface area contributed by atoms with E-state index in [4.69, 9.17) is 0 Å². The van der Waals surface area contributed by atoms with Gasteiger partial charge in [0.1, 0.15) is 11.4 Å². The van der Waals surface area contributed by atoms with Crippen molar-refractivity contribution < 1.29 is 26.4 Å². The summed E-state index contributed by atoms with van der Waals surface area (Å²) in [7, 11) is -3.53. The third-order valence-electron chi connectivity index (χ3n) is 5.96. The van der Waals surface area contributed by atoms with Gasteiger partial charge in [-0.3, -0.25) is 4.79 Å². The average molecular weight is 499 g/mol. The van der Waals surface area contributed by atoms with Gasteiger partial charge in [0, 0.05) is 30.4 Å². The molecular formula is C21H25F3N6O3S. The summed E-state index contributed by atoms with van der Waals surface area (Å²) in [4.78, 5) is 19.3. The number of carbonyl (C=O) groups excluding carboxylic acids is 1. The highest BCUT2D eigenvalue weighted by molar-refractivity contribution is 7.91. The Labute approximate surface area is 194 Å². The molecule has 4 N–H and O–H groups in total. The number of nitrogens with one attached hydrogen (secondary N) is 4. The van der Waals surface area contributed by atoms with Gasteiger partial charge in [-0.05, 0) is 55.6 Å². The number of rotatable bonds is 7. The quantitative estimate of drug-likeness (QED) is 0.459. The molecule has 4 rings (SSSR count). The van der Waals surface area contributed by atoms with Crippen LogP contribution in [0.4, 0.5) is 36.3 Å². The molecular weight excluding hydrogens is 473 g/mol. The Bertz CT molecular complexity index is 1180. The second kappa shape index (κ2) is 9.37. The monoisotopic (exact) mass is 498 g/mol. The van der Waals surface area contributed by atoms with Crippen LogP contribution in [0.2, 0.25) is 0 Å². The molecule has 2 atom stereocenters. The number of amides is 1. The second-order valence-corrected chi connectivity index (χ2v) is 10.8. The highest BCUT2D eigenvalue weighted by Gasteiger charge is 2.37. The highest BCUT2D eigenvalue weighted by Crippen LogP contribution is 2.35. The Morgan fingerprint density at radius 2 is 2.09 bits per heavy atom. The fourth-order valence-corrected chi connectivity index (χ4v) is 5.60. The van der Waals surface area contributed by atoms with Gasteiger partial charge in [0.05, 0.1) is 11.7 Å². The molecule has 9 nitrogen and oxygen atoms in total. The zero-order valence-corrected chi connectivity index (χ0v) is 19.2. The highest BCUT2D eigenvalue weighted by atomic mass is 32.2. The number of carbonyl (C=O) groups is 1. The van der Waals surface area contributed by atoms with Crippen molar-refractivity contribution in [3.63, 3.8) is 0 Å². The van der Waals surface area contributed by atoms with E-state index >= 15 is 0 Å². The first-order chi connectivity index (χ1) is 16.0. The maximum Gasteiger partial charge on any atom is 0.421 e. The van der Waals surface area contributed by atoms with Gasteiger partial charge in [-0.15, -0.1) is 0 Å². The predicted octanol–water partition coefficient (Wildman–Crippen LogP) is 2.56. The van der Waals surface area contributed by atoms with Crippen molar-refractivity contribution in [3.8, 4) is 0 Å². The molecule has 0 saturated carbocycles. The van der Waals surface area contributed by atoms with Crippen molar-refractivity contribution in [1.82, 2.24) is 15.3 Å². The lowest BCUT2D eigenvalue weighted by Crippen LogP contribution is -2.43. The van der Waals surface area contributed by atoms with Gasteiger partial charge in [0.25, 0.3) is 0 Å². The van der Waals surface area contributed by atoms with E-state index in [9.17, 15) is 26.4 Å². The summed E-state index contributed by atoms with van der Waals surface area (Å²) in [5.41, 5.74) is 0.840. The molecule has 13 heteroatoms. The summed E-state index contributed by atoms with van der Waals surface area (Å²) < 4.78 is 65.6. The normalized spacial score (nSPS) is 19.3. The Balaban J connectivity index is 1.57. The average Bonchev–Trinajstić information content (AvgIpc) is 3.12. The minimum atomic E-state index is -4.73. The number of sulfone groups is 1. The van der Waals surface area contributed by atoms with Gasteiger partial charge in [-0.25, -0.2) is 13.4 Å². The van der Waals surface area contributed by atoms with E-state index in [1.807, 2.05) is 0 Å². The minimum absolute atomic E-state index is 0.0945. The number of benzene rings is 1. The predicted molar refractivity (Wildman–Crippen MR) is 122 cm³/mol. The van der Waals surface area contributed by atoms with Gasteiger partial charge in [-0.2, -0.15) is 18.2 Å². The maximum absolute atomic E-state index is 13.6. The van der Waals surface area contributed by atoms with Gasteiger partial charge < -0.3 is 21.3 Å². The van der Waals surface area contributed by atoms with Crippen LogP contribution in [-0.4, -0.2) is 55.4 Å². The Morgan fingerprint density at radius 1 is 1.29 bits per heavy atom. The van der Waals surface area contributed by atoms with Crippen LogP contribution in [0.15, 0.2) is 24.4 Å². The molecule has 1 saturated heterocycles. The van der Waals surface area contributed by atoms with Crippen LogP contribution in [-0.2, 0) is 27.2 Å². The first kappa shape index (κ1) is 24.2. The van der Waals surface area contributed by atoms with E-state index in [-0.39, 0.29) is 30.7 Å². The lowest BCUT2D eigenvalue weighted by atomic mass is 9.95. The van der Waals surface area contributed by atoms with E-state index in [0.717, 1.165) is 24.8 Å². The first-order valence-electron chi connectivity index (χ1n) is 10.8. The van der Waals surface area contributed by atoms with Crippen LogP contribution < -0.4 is 21.3 Å². The molecule has 1 aromatic carbocycles. The van der Waals surface area contributed by atoms with E-state index in [1.165, 1.54) is 0 Å². The number of alkyl halides is 3. The number of piperidine rings is 1. The van der Waals surface area contributed by atoms with Crippen molar-refractivity contribution in [3.05, 3.63) is 35.5 Å². The third kappa shape index (κ3) is 5.58. The zero-order chi connectivity index (χ0) is 24.5. The summed E-state index contributed by atoms with van der Waals surface area (Å²) >= 11 is 0. The largest absolute Gasteiger partial charge is 0.421 e. The summed E-state index contributed by atoms with van der Waals surface area (Å²) in [5.74, 6) is -0.950. The minimum Gasteiger partial charge on any atom is -0.368 e. The second-order valence-electron chi connectivity index (χ2n) is 8.53. The number of nitrogens with zero attached hydrogens (tertiary/aromatic N) is 2. The number of halogens is 3. The van der Waals surface area contributed by atoms with E-state index in [2.05, 4.69) is 31.2 Å². The van der Waals surface area contributed by atoms with Crippen LogP contribution in [0.5, 0.6) is 0 Å². The van der Waals surface area contributed by atoms with E-state index in [0.29, 0.717) is 30.5 Å². The third-order valence-corrected chi connectivity index (χ3v) is 7.61. The Kier molecular flexibility index (Phi) is 6.67. The van der Waals surface area contributed by atoms with Crippen molar-refractivity contribution in [2.45, 2.75) is 30.7 Å². The van der Waals surface area contributed by atoms with E-state index < -0.39 is 32.6 Å². The van der Waals surface area contributed by atoms with Gasteiger partial charge in [-0.1, -0.05) is 0 Å². The van der Waals surface area contributed by atoms with Gasteiger partial charge in [0.2, 0.25) is 11.9 Å². The molecule has 184 valence electrons. The Morgan fingerprint density at radius 3 is 2.76 bits per heavy atom. The molecule has 2 aromatic rings. The molecule has 3 heterocycles. The summed E-state index contributed by atoms with van der Waals surface area (Å²) in [6.07, 6.45) is -1.30. The molecule has 0 bridgehead atoms. The smallest absolute Gasteiger partial charge is 0.368 e. The van der Waals surface area contributed by atoms with Crippen LogP contribution in [0.25, 0.3) is 0 Å². The molecule has 2 aliphatic heterocycles. The fourth-order valence-electron chi connectivity index (χ4n) is 4.28. The Hall–Kier alpha value is -2.93. The van der Waals surface area contributed by atoms with Crippen molar-refractivity contribution >= 4 is 38.9 Å². The standard InChI is InChI=1S/C21H25F3N6O3S/c1-34(32,33)17(12-3-2-6-25-9-12)11-26-19-15(21(22,23)24)10-27-20(30-19)28-14-4-5-16-13(7-14)8-18(31)29-16/h4-5,7,10,12,17,25H,2-3,6,8-9,11H2,1H3,(H,29,31)(H2,26,27,28,30). The van der Waals surface area contributed by atoms with Crippen LogP contribution >= 0.6 is 0 Å². The molecule has 0 aliphatic carbocycles. The van der Waals surface area contributed by atoms with Crippen LogP contribution in [0.1, 0.15) is 24.0 Å². The molecule has 34 heavy (non-hydrogen) atoms. The van der Waals surface area contributed by atoms with Gasteiger partial charge in [0.15, 0.2) is 9.84 Å². The van der Waals surface area contributed by atoms with Crippen molar-refractivity contribution in [2.24, 2.45) is 5.92 Å². The number of anilines is 4. The maximum atomic E-state index is 13.6. The van der Waals surface area contributed by atoms with E-state index in [1.54, 1.807) is 18.2 Å². The van der Waals surface area contributed by atoms with Crippen LogP contribution in [0.3, 0.4) is 0 Å². The van der Waals surface area contributed by atoms with Crippen LogP contribution in [0, 0.1) is 5.92 Å². The molecule has 2 unspecified atom stereocenters. The number of hydrogen-bond acceptors (Lipinski definition) is 8. The molecule has 1 amide bonds. The number of fused-ring (bicyclic) bond motifs is 1. The number of aromatic nitrogens is 2. The summed E-state index contributed by atoms with van der Waals surface area (Å²) in [6, 6.07) is 5.02. The SMILES string of the molecule is CS(=O)(=O)C(CNc1nc(Nc2ccc3c(c2)CC(=O)N3)ncc1C(F)(F)F)C1CCCNC1.